The molecule has 0 saturated carbocycles. The molecule has 1 aromatic carbocycles. The van der Waals surface area contributed by atoms with Gasteiger partial charge in [0.05, 0.1) is 27.8 Å². The van der Waals surface area contributed by atoms with Crippen LogP contribution in [-0.4, -0.2) is 57.8 Å². The Labute approximate surface area is 154 Å². The van der Waals surface area contributed by atoms with Gasteiger partial charge in [0, 0.05) is 13.1 Å². The van der Waals surface area contributed by atoms with Gasteiger partial charge in [0.2, 0.25) is 5.75 Å². The molecule has 1 saturated heterocycles. The maximum atomic E-state index is 12.2. The Kier molecular flexibility index (Phi) is 7.12. The number of hydrogen-bond acceptors (Lipinski definition) is 6. The molecular weight excluding hydrogens is 338 g/mol. The Morgan fingerprint density at radius 3 is 2.31 bits per heavy atom. The van der Waals surface area contributed by atoms with Gasteiger partial charge >= 0.3 is 5.97 Å². The molecule has 0 aliphatic carbocycles. The summed E-state index contributed by atoms with van der Waals surface area (Å²) in [5, 5.41) is 0. The molecule has 1 atom stereocenters. The van der Waals surface area contributed by atoms with Gasteiger partial charge in [-0.25, -0.2) is 0 Å². The molecule has 0 unspecified atom stereocenters. The third-order valence-electron chi connectivity index (χ3n) is 4.44. The number of carbonyl (C=O) groups is 2. The molecule has 0 N–H and O–H groups in total. The molecule has 2 rings (SSSR count). The van der Waals surface area contributed by atoms with Crippen LogP contribution in [-0.2, 0) is 20.7 Å². The highest BCUT2D eigenvalue weighted by molar-refractivity contribution is 5.81. The average molecular weight is 365 g/mol. The third kappa shape index (κ3) is 5.03. The molecule has 0 spiro atoms. The molecule has 0 radical (unpaired) electrons. The van der Waals surface area contributed by atoms with Gasteiger partial charge in [-0.05, 0) is 36.5 Å². The molecule has 7 heteroatoms. The van der Waals surface area contributed by atoms with Gasteiger partial charge in [-0.3, -0.25) is 9.59 Å². The molecule has 1 aliphatic heterocycles. The number of rotatable bonds is 7. The summed E-state index contributed by atoms with van der Waals surface area (Å²) in [6, 6.07) is 3.38. The zero-order valence-corrected chi connectivity index (χ0v) is 15.9. The van der Waals surface area contributed by atoms with E-state index in [-0.39, 0.29) is 18.9 Å². The topological polar surface area (TPSA) is 74.3 Å². The lowest BCUT2D eigenvalue weighted by Gasteiger charge is -2.30. The fourth-order valence-corrected chi connectivity index (χ4v) is 3.10. The van der Waals surface area contributed by atoms with Crippen molar-refractivity contribution in [2.24, 2.45) is 5.92 Å². The van der Waals surface area contributed by atoms with Crippen molar-refractivity contribution in [3.05, 3.63) is 17.7 Å². The molecule has 26 heavy (non-hydrogen) atoms. The van der Waals surface area contributed by atoms with Gasteiger partial charge in [-0.2, -0.15) is 0 Å². The maximum Gasteiger partial charge on any atom is 0.310 e. The summed E-state index contributed by atoms with van der Waals surface area (Å²) in [5.74, 6) is 1.26. The van der Waals surface area contributed by atoms with E-state index in [0.29, 0.717) is 28.7 Å². The number of benzene rings is 1. The molecule has 1 aliphatic rings. The number of esters is 1. The Morgan fingerprint density at radius 2 is 1.77 bits per heavy atom. The fraction of sp³-hybridized carbons (Fsp3) is 0.579. The average Bonchev–Trinajstić information content (AvgIpc) is 2.65. The first-order valence-electron chi connectivity index (χ1n) is 8.70. The van der Waals surface area contributed by atoms with E-state index in [4.69, 9.17) is 18.9 Å². The van der Waals surface area contributed by atoms with Crippen LogP contribution < -0.4 is 14.2 Å². The summed E-state index contributed by atoms with van der Waals surface area (Å²) in [6.07, 6.45) is 2.14. The Morgan fingerprint density at radius 1 is 1.12 bits per heavy atom. The number of piperidine rings is 1. The number of hydrogen-bond donors (Lipinski definition) is 0. The monoisotopic (exact) mass is 365 g/mol. The van der Waals surface area contributed by atoms with Crippen LogP contribution in [0.4, 0.5) is 0 Å². The SMILES string of the molecule is COc1cc(CC(=O)OCC(=O)N2CCC[C@H](C)C2)cc(OC)c1OC. The van der Waals surface area contributed by atoms with Crippen molar-refractivity contribution < 1.29 is 28.5 Å². The highest BCUT2D eigenvalue weighted by atomic mass is 16.5. The molecule has 1 aromatic rings. The molecule has 1 heterocycles. The van der Waals surface area contributed by atoms with Crippen molar-refractivity contribution in [3.63, 3.8) is 0 Å². The lowest BCUT2D eigenvalue weighted by molar-refractivity contribution is -0.152. The van der Waals surface area contributed by atoms with E-state index in [2.05, 4.69) is 6.92 Å². The zero-order chi connectivity index (χ0) is 19.1. The van der Waals surface area contributed by atoms with Crippen LogP contribution in [0.5, 0.6) is 17.2 Å². The van der Waals surface area contributed by atoms with E-state index in [1.807, 2.05) is 0 Å². The van der Waals surface area contributed by atoms with E-state index in [9.17, 15) is 9.59 Å². The predicted octanol–water partition coefficient (Wildman–Crippen LogP) is 2.06. The van der Waals surface area contributed by atoms with Gasteiger partial charge in [0.1, 0.15) is 0 Å². The third-order valence-corrected chi connectivity index (χ3v) is 4.44. The molecule has 0 aromatic heterocycles. The van der Waals surface area contributed by atoms with Gasteiger partial charge in [-0.15, -0.1) is 0 Å². The quantitative estimate of drug-likeness (QED) is 0.689. The summed E-state index contributed by atoms with van der Waals surface area (Å²) in [4.78, 5) is 26.1. The smallest absolute Gasteiger partial charge is 0.310 e. The minimum absolute atomic E-state index is 0.0143. The molecule has 144 valence electrons. The highest BCUT2D eigenvalue weighted by Gasteiger charge is 2.22. The van der Waals surface area contributed by atoms with Crippen LogP contribution >= 0.6 is 0 Å². The van der Waals surface area contributed by atoms with Crippen molar-refractivity contribution in [1.29, 1.82) is 0 Å². The number of methoxy groups -OCH3 is 3. The minimum Gasteiger partial charge on any atom is -0.493 e. The first-order chi connectivity index (χ1) is 12.5. The van der Waals surface area contributed by atoms with Gasteiger partial charge in [0.25, 0.3) is 5.91 Å². The van der Waals surface area contributed by atoms with Crippen molar-refractivity contribution in [1.82, 2.24) is 4.90 Å². The highest BCUT2D eigenvalue weighted by Crippen LogP contribution is 2.38. The summed E-state index contributed by atoms with van der Waals surface area (Å²) in [6.45, 7) is 3.35. The van der Waals surface area contributed by atoms with Gasteiger partial charge in [-0.1, -0.05) is 6.92 Å². The molecule has 1 amide bonds. The summed E-state index contributed by atoms with van der Waals surface area (Å²) >= 11 is 0. The number of ether oxygens (including phenoxy) is 4. The lowest BCUT2D eigenvalue weighted by Crippen LogP contribution is -2.41. The number of amides is 1. The van der Waals surface area contributed by atoms with Gasteiger partial charge in [0.15, 0.2) is 18.1 Å². The summed E-state index contributed by atoms with van der Waals surface area (Å²) < 4.78 is 21.0. The van der Waals surface area contributed by atoms with E-state index in [0.717, 1.165) is 25.9 Å². The van der Waals surface area contributed by atoms with Crippen molar-refractivity contribution in [2.75, 3.05) is 41.0 Å². The lowest BCUT2D eigenvalue weighted by atomic mass is 10.0. The number of nitrogens with zero attached hydrogens (tertiary/aromatic N) is 1. The summed E-state index contributed by atoms with van der Waals surface area (Å²) in [5.41, 5.74) is 0.656. The van der Waals surface area contributed by atoms with Crippen LogP contribution in [0.3, 0.4) is 0 Å². The zero-order valence-electron chi connectivity index (χ0n) is 15.9. The Balaban J connectivity index is 1.94. The van der Waals surface area contributed by atoms with Crippen LogP contribution in [0.15, 0.2) is 12.1 Å². The first kappa shape index (κ1) is 19.9. The second-order valence-electron chi connectivity index (χ2n) is 6.46. The molecule has 1 fully saturated rings. The first-order valence-corrected chi connectivity index (χ1v) is 8.70. The minimum atomic E-state index is -0.474. The van der Waals surface area contributed by atoms with Crippen LogP contribution in [0.2, 0.25) is 0 Å². The standard InChI is InChI=1S/C19H27NO6/c1-13-6-5-7-20(11-13)17(21)12-26-18(22)10-14-8-15(23-2)19(25-4)16(9-14)24-3/h8-9,13H,5-7,10-12H2,1-4H3/t13-/m0/s1. The Hall–Kier alpha value is -2.44. The molecule has 7 nitrogen and oxygen atoms in total. The van der Waals surface area contributed by atoms with Crippen molar-refractivity contribution in [2.45, 2.75) is 26.2 Å². The fourth-order valence-electron chi connectivity index (χ4n) is 3.10. The molecule has 0 bridgehead atoms. The largest absolute Gasteiger partial charge is 0.493 e. The van der Waals surface area contributed by atoms with E-state index in [1.165, 1.54) is 21.3 Å². The van der Waals surface area contributed by atoms with E-state index in [1.54, 1.807) is 17.0 Å². The second kappa shape index (κ2) is 9.31. The van der Waals surface area contributed by atoms with Crippen LogP contribution in [0.25, 0.3) is 0 Å². The maximum absolute atomic E-state index is 12.2. The normalized spacial score (nSPS) is 16.8. The van der Waals surface area contributed by atoms with E-state index < -0.39 is 5.97 Å². The van der Waals surface area contributed by atoms with E-state index >= 15 is 0 Å². The Bertz CT molecular complexity index is 620. The predicted molar refractivity (Wildman–Crippen MR) is 95.7 cm³/mol. The molecular formula is C19H27NO6. The van der Waals surface area contributed by atoms with Crippen LogP contribution in [0.1, 0.15) is 25.3 Å². The van der Waals surface area contributed by atoms with Crippen molar-refractivity contribution in [3.8, 4) is 17.2 Å². The van der Waals surface area contributed by atoms with Crippen LogP contribution in [0, 0.1) is 5.92 Å². The number of likely N-dealkylation sites (tertiary alicyclic amines) is 1. The summed E-state index contributed by atoms with van der Waals surface area (Å²) in [7, 11) is 4.54. The van der Waals surface area contributed by atoms with Crippen molar-refractivity contribution >= 4 is 11.9 Å². The second-order valence-corrected chi connectivity index (χ2v) is 6.46. The van der Waals surface area contributed by atoms with Gasteiger partial charge < -0.3 is 23.8 Å². The number of carbonyl (C=O) groups excluding carboxylic acids is 2.